The number of aryl methyl sites for hydroxylation is 1. The Labute approximate surface area is 143 Å². The quantitative estimate of drug-likeness (QED) is 0.731. The molecule has 1 aliphatic heterocycles. The van der Waals surface area contributed by atoms with E-state index in [0.29, 0.717) is 31.0 Å². The van der Waals surface area contributed by atoms with E-state index in [2.05, 4.69) is 10.1 Å². The van der Waals surface area contributed by atoms with Gasteiger partial charge in [0.05, 0.1) is 24.5 Å². The molecule has 0 bridgehead atoms. The van der Waals surface area contributed by atoms with Crippen molar-refractivity contribution in [3.05, 3.63) is 64.0 Å². The second-order valence-electron chi connectivity index (χ2n) is 5.99. The summed E-state index contributed by atoms with van der Waals surface area (Å²) >= 11 is 0. The van der Waals surface area contributed by atoms with Crippen LogP contribution < -0.4 is 5.56 Å². The van der Waals surface area contributed by atoms with Gasteiger partial charge >= 0.3 is 0 Å². The topological polar surface area (TPSA) is 92.7 Å². The SMILES string of the molecule is O=C(c1cnc2ccccn2c1=O)N1CCCn2nc(CO)cc2C1. The average Bonchev–Trinajstić information content (AvgIpc) is 2.92. The summed E-state index contributed by atoms with van der Waals surface area (Å²) in [6, 6.07) is 7.02. The van der Waals surface area contributed by atoms with Crippen LogP contribution >= 0.6 is 0 Å². The number of amides is 1. The standard InChI is InChI=1S/C17H17N5O3/c23-11-12-8-13-10-20(5-3-7-22(13)19-12)16(24)14-9-18-15-4-1-2-6-21(15)17(14)25/h1-2,4,6,8-9,23H,3,5,7,10-11H2. The van der Waals surface area contributed by atoms with Gasteiger partial charge in [0.15, 0.2) is 0 Å². The van der Waals surface area contributed by atoms with Crippen LogP contribution in [0, 0.1) is 0 Å². The van der Waals surface area contributed by atoms with Crippen molar-refractivity contribution in [2.45, 2.75) is 26.1 Å². The van der Waals surface area contributed by atoms with Gasteiger partial charge in [-0.25, -0.2) is 4.98 Å². The number of nitrogens with zero attached hydrogens (tertiary/aromatic N) is 5. The molecule has 0 atom stereocenters. The van der Waals surface area contributed by atoms with Crippen molar-refractivity contribution < 1.29 is 9.90 Å². The van der Waals surface area contributed by atoms with Gasteiger partial charge in [-0.3, -0.25) is 18.7 Å². The third kappa shape index (κ3) is 2.70. The van der Waals surface area contributed by atoms with Crippen molar-refractivity contribution in [2.75, 3.05) is 6.54 Å². The summed E-state index contributed by atoms with van der Waals surface area (Å²) in [6.07, 6.45) is 3.68. The van der Waals surface area contributed by atoms with Gasteiger partial charge in [-0.2, -0.15) is 5.10 Å². The van der Waals surface area contributed by atoms with Crippen LogP contribution in [0.4, 0.5) is 0 Å². The number of aromatic nitrogens is 4. The minimum atomic E-state index is -0.371. The lowest BCUT2D eigenvalue weighted by atomic mass is 10.2. The molecule has 8 nitrogen and oxygen atoms in total. The maximum atomic E-state index is 12.9. The summed E-state index contributed by atoms with van der Waals surface area (Å²) in [5.41, 5.74) is 1.62. The Kier molecular flexibility index (Phi) is 3.81. The van der Waals surface area contributed by atoms with E-state index >= 15 is 0 Å². The van der Waals surface area contributed by atoms with Crippen LogP contribution in [0.3, 0.4) is 0 Å². The van der Waals surface area contributed by atoms with Crippen LogP contribution in [0.15, 0.2) is 41.5 Å². The lowest BCUT2D eigenvalue weighted by molar-refractivity contribution is 0.0743. The zero-order valence-corrected chi connectivity index (χ0v) is 13.5. The first-order chi connectivity index (χ1) is 12.2. The summed E-state index contributed by atoms with van der Waals surface area (Å²) in [6.45, 7) is 1.42. The number of pyridine rings is 1. The van der Waals surface area contributed by atoms with Gasteiger partial charge in [0.1, 0.15) is 11.2 Å². The first-order valence-electron chi connectivity index (χ1n) is 8.09. The number of aliphatic hydroxyl groups is 1. The van der Waals surface area contributed by atoms with Crippen LogP contribution in [-0.4, -0.2) is 41.6 Å². The molecule has 0 aliphatic carbocycles. The molecule has 1 aliphatic rings. The van der Waals surface area contributed by atoms with Crippen LogP contribution in [-0.2, 0) is 19.7 Å². The van der Waals surface area contributed by atoms with Crippen molar-refractivity contribution in [3.63, 3.8) is 0 Å². The van der Waals surface area contributed by atoms with E-state index in [4.69, 9.17) is 0 Å². The maximum Gasteiger partial charge on any atom is 0.270 e. The molecule has 128 valence electrons. The van der Waals surface area contributed by atoms with Crippen molar-refractivity contribution >= 4 is 11.6 Å². The molecule has 3 aromatic rings. The predicted octanol–water partition coefficient (Wildman–Crippen LogP) is 0.429. The van der Waals surface area contributed by atoms with Gasteiger partial charge in [-0.15, -0.1) is 0 Å². The fraction of sp³-hybridized carbons (Fsp3) is 0.294. The van der Waals surface area contributed by atoms with E-state index in [1.54, 1.807) is 35.4 Å². The Hall–Kier alpha value is -3.00. The van der Waals surface area contributed by atoms with Gasteiger partial charge in [0, 0.05) is 25.5 Å². The molecule has 4 rings (SSSR count). The summed E-state index contributed by atoms with van der Waals surface area (Å²) in [5, 5.41) is 13.5. The Bertz CT molecular complexity index is 1010. The summed E-state index contributed by atoms with van der Waals surface area (Å²) in [4.78, 5) is 31.4. The van der Waals surface area contributed by atoms with Gasteiger partial charge in [0.2, 0.25) is 0 Å². The van der Waals surface area contributed by atoms with Crippen LogP contribution in [0.25, 0.3) is 5.65 Å². The first kappa shape index (κ1) is 15.5. The van der Waals surface area contributed by atoms with E-state index in [1.807, 2.05) is 4.68 Å². The Balaban J connectivity index is 1.69. The van der Waals surface area contributed by atoms with Gasteiger partial charge in [0.25, 0.3) is 11.5 Å². The second kappa shape index (κ2) is 6.14. The molecule has 4 heterocycles. The minimum absolute atomic E-state index is 0.0547. The number of rotatable bonds is 2. The predicted molar refractivity (Wildman–Crippen MR) is 89.0 cm³/mol. The monoisotopic (exact) mass is 339 g/mol. The fourth-order valence-electron chi connectivity index (χ4n) is 3.12. The molecular formula is C17H17N5O3. The van der Waals surface area contributed by atoms with Crippen molar-refractivity contribution in [2.24, 2.45) is 0 Å². The van der Waals surface area contributed by atoms with Crippen molar-refractivity contribution in [3.8, 4) is 0 Å². The van der Waals surface area contributed by atoms with Crippen LogP contribution in [0.2, 0.25) is 0 Å². The number of carbonyl (C=O) groups excluding carboxylic acids is 1. The van der Waals surface area contributed by atoms with E-state index in [9.17, 15) is 14.7 Å². The van der Waals surface area contributed by atoms with Crippen molar-refractivity contribution in [1.82, 2.24) is 24.1 Å². The molecule has 1 N–H and O–H groups in total. The number of hydrogen-bond acceptors (Lipinski definition) is 5. The molecule has 0 aromatic carbocycles. The molecular weight excluding hydrogens is 322 g/mol. The Morgan fingerprint density at radius 1 is 1.28 bits per heavy atom. The van der Waals surface area contributed by atoms with Crippen LogP contribution in [0.5, 0.6) is 0 Å². The summed E-state index contributed by atoms with van der Waals surface area (Å²) in [7, 11) is 0. The molecule has 0 saturated heterocycles. The zero-order chi connectivity index (χ0) is 17.4. The normalized spacial score (nSPS) is 14.4. The molecule has 3 aromatic heterocycles. The highest BCUT2D eigenvalue weighted by molar-refractivity contribution is 5.93. The van der Waals surface area contributed by atoms with Crippen molar-refractivity contribution in [1.29, 1.82) is 0 Å². The highest BCUT2D eigenvalue weighted by Crippen LogP contribution is 2.15. The number of carbonyl (C=O) groups is 1. The average molecular weight is 339 g/mol. The molecule has 8 heteroatoms. The molecule has 0 saturated carbocycles. The largest absolute Gasteiger partial charge is 0.390 e. The highest BCUT2D eigenvalue weighted by Gasteiger charge is 2.24. The molecule has 1 amide bonds. The minimum Gasteiger partial charge on any atom is -0.390 e. The maximum absolute atomic E-state index is 12.9. The number of aliphatic hydroxyl groups excluding tert-OH is 1. The molecule has 0 radical (unpaired) electrons. The summed E-state index contributed by atoms with van der Waals surface area (Å²) < 4.78 is 3.18. The molecule has 0 spiro atoms. The Morgan fingerprint density at radius 3 is 3.00 bits per heavy atom. The molecule has 0 unspecified atom stereocenters. The molecule has 25 heavy (non-hydrogen) atoms. The van der Waals surface area contributed by atoms with E-state index in [1.165, 1.54) is 10.6 Å². The van der Waals surface area contributed by atoms with Gasteiger partial charge in [-0.1, -0.05) is 6.07 Å². The van der Waals surface area contributed by atoms with E-state index in [-0.39, 0.29) is 23.6 Å². The zero-order valence-electron chi connectivity index (χ0n) is 13.5. The number of hydrogen-bond donors (Lipinski definition) is 1. The smallest absolute Gasteiger partial charge is 0.270 e. The number of fused-ring (bicyclic) bond motifs is 2. The third-order valence-corrected chi connectivity index (χ3v) is 4.36. The second-order valence-corrected chi connectivity index (χ2v) is 5.99. The first-order valence-corrected chi connectivity index (χ1v) is 8.09. The third-order valence-electron chi connectivity index (χ3n) is 4.36. The highest BCUT2D eigenvalue weighted by atomic mass is 16.3. The molecule has 0 fully saturated rings. The lowest BCUT2D eigenvalue weighted by Crippen LogP contribution is -2.35. The lowest BCUT2D eigenvalue weighted by Gasteiger charge is -2.19. The van der Waals surface area contributed by atoms with Crippen LogP contribution in [0.1, 0.15) is 28.2 Å². The van der Waals surface area contributed by atoms with Gasteiger partial charge in [-0.05, 0) is 24.6 Å². The Morgan fingerprint density at radius 2 is 2.16 bits per heavy atom. The van der Waals surface area contributed by atoms with E-state index in [0.717, 1.165) is 12.1 Å². The fourth-order valence-corrected chi connectivity index (χ4v) is 3.12. The van der Waals surface area contributed by atoms with E-state index < -0.39 is 0 Å². The summed E-state index contributed by atoms with van der Waals surface area (Å²) in [5.74, 6) is -0.337. The van der Waals surface area contributed by atoms with Gasteiger partial charge < -0.3 is 10.0 Å².